The lowest BCUT2D eigenvalue weighted by atomic mass is 9.74. The lowest BCUT2D eigenvalue weighted by molar-refractivity contribution is -0.134. The third-order valence-electron chi connectivity index (χ3n) is 11.0. The summed E-state index contributed by atoms with van der Waals surface area (Å²) in [6.07, 6.45) is 13.7. The van der Waals surface area contributed by atoms with Crippen molar-refractivity contribution in [3.05, 3.63) is 29.8 Å². The van der Waals surface area contributed by atoms with E-state index in [9.17, 15) is 9.59 Å². The topological polar surface area (TPSA) is 56.3 Å². The zero-order valence-electron chi connectivity index (χ0n) is 26.2. The lowest BCUT2D eigenvalue weighted by Crippen LogP contribution is -2.63. The molecule has 3 aliphatic heterocycles. The number of para-hydroxylation sites is 1. The fourth-order valence-corrected chi connectivity index (χ4v) is 8.12. The van der Waals surface area contributed by atoms with Crippen molar-refractivity contribution in [1.29, 1.82) is 0 Å². The molecule has 0 aromatic heterocycles. The van der Waals surface area contributed by atoms with E-state index in [1.54, 1.807) is 0 Å². The molecular formula is C34H54N4O3. The molecule has 0 radical (unpaired) electrons. The van der Waals surface area contributed by atoms with E-state index in [4.69, 9.17) is 4.74 Å². The van der Waals surface area contributed by atoms with Crippen molar-refractivity contribution in [2.75, 3.05) is 58.3 Å². The van der Waals surface area contributed by atoms with Crippen molar-refractivity contribution < 1.29 is 14.3 Å². The van der Waals surface area contributed by atoms with Crippen molar-refractivity contribution in [3.8, 4) is 0 Å². The Labute approximate surface area is 248 Å². The SMILES string of the molecule is CCCCC1CN(CC2CCCCC2)C(=O)OC12CCN(C1(C)CCN(C(=O)c3ccccc3N(C)C)CC1)CC2. The van der Waals surface area contributed by atoms with Gasteiger partial charge in [-0.3, -0.25) is 9.69 Å². The fraction of sp³-hybridized carbons (Fsp3) is 0.765. The fourth-order valence-electron chi connectivity index (χ4n) is 8.12. The Morgan fingerprint density at radius 2 is 1.68 bits per heavy atom. The average Bonchev–Trinajstić information content (AvgIpc) is 2.99. The number of hydrogen-bond acceptors (Lipinski definition) is 5. The van der Waals surface area contributed by atoms with Gasteiger partial charge >= 0.3 is 6.09 Å². The van der Waals surface area contributed by atoms with Gasteiger partial charge in [-0.2, -0.15) is 0 Å². The van der Waals surface area contributed by atoms with Crippen molar-refractivity contribution in [1.82, 2.24) is 14.7 Å². The van der Waals surface area contributed by atoms with Crippen molar-refractivity contribution in [2.45, 2.75) is 102 Å². The lowest BCUT2D eigenvalue weighted by Gasteiger charge is -2.55. The molecule has 4 aliphatic rings. The minimum atomic E-state index is -0.311. The predicted molar refractivity (Wildman–Crippen MR) is 165 cm³/mol. The number of ether oxygens (including phenoxy) is 1. The zero-order chi connectivity index (χ0) is 29.0. The van der Waals surface area contributed by atoms with Crippen LogP contribution in [0.25, 0.3) is 0 Å². The van der Waals surface area contributed by atoms with Crippen LogP contribution in [0.3, 0.4) is 0 Å². The van der Waals surface area contributed by atoms with Crippen LogP contribution < -0.4 is 4.90 Å². The largest absolute Gasteiger partial charge is 0.442 e. The number of rotatable bonds is 8. The number of hydrogen-bond donors (Lipinski definition) is 0. The molecule has 3 saturated heterocycles. The predicted octanol–water partition coefficient (Wildman–Crippen LogP) is 6.42. The van der Waals surface area contributed by atoms with Crippen molar-refractivity contribution in [2.24, 2.45) is 11.8 Å². The summed E-state index contributed by atoms with van der Waals surface area (Å²) in [5, 5.41) is 0. The second-order valence-corrected chi connectivity index (χ2v) is 13.9. The summed E-state index contributed by atoms with van der Waals surface area (Å²) in [5.74, 6) is 1.21. The first-order valence-electron chi connectivity index (χ1n) is 16.5. The van der Waals surface area contributed by atoms with E-state index in [0.717, 1.165) is 82.6 Å². The molecule has 7 nitrogen and oxygen atoms in total. The van der Waals surface area contributed by atoms with Gasteiger partial charge < -0.3 is 19.4 Å². The van der Waals surface area contributed by atoms with E-state index in [-0.39, 0.29) is 23.1 Å². The highest BCUT2D eigenvalue weighted by Gasteiger charge is 2.51. The molecule has 1 aliphatic carbocycles. The standard InChI is InChI=1S/C34H54N4O3/c1-5-6-14-28-26-37(25-27-12-8-7-9-13-27)32(40)41-34(28)19-23-38(24-20-34)33(2)17-21-36(22-18-33)31(39)29-15-10-11-16-30(29)35(3)4/h10-11,15-16,27-28H,5-9,12-14,17-26H2,1-4H3. The normalized spacial score (nSPS) is 25.3. The molecule has 1 spiro atoms. The van der Waals surface area contributed by atoms with Gasteiger partial charge in [-0.05, 0) is 57.1 Å². The van der Waals surface area contributed by atoms with E-state index < -0.39 is 0 Å². The Hall–Kier alpha value is -2.28. The Bertz CT molecular complexity index is 1040. The maximum absolute atomic E-state index is 13.5. The molecule has 228 valence electrons. The molecule has 3 heterocycles. The molecule has 1 atom stereocenters. The zero-order valence-corrected chi connectivity index (χ0v) is 26.2. The number of nitrogens with zero attached hydrogens (tertiary/aromatic N) is 4. The summed E-state index contributed by atoms with van der Waals surface area (Å²) in [5.41, 5.74) is 1.53. The third-order valence-corrected chi connectivity index (χ3v) is 11.0. The molecule has 1 unspecified atom stereocenters. The number of unbranched alkanes of at least 4 members (excludes halogenated alkanes) is 1. The smallest absolute Gasteiger partial charge is 0.410 e. The minimum Gasteiger partial charge on any atom is -0.442 e. The van der Waals surface area contributed by atoms with Crippen molar-refractivity contribution >= 4 is 17.7 Å². The van der Waals surface area contributed by atoms with Crippen LogP contribution >= 0.6 is 0 Å². The Balaban J connectivity index is 1.19. The molecular weight excluding hydrogens is 512 g/mol. The van der Waals surface area contributed by atoms with Crippen LogP contribution in [0.15, 0.2) is 24.3 Å². The van der Waals surface area contributed by atoms with Gasteiger partial charge in [-0.15, -0.1) is 0 Å². The highest BCUT2D eigenvalue weighted by molar-refractivity contribution is 5.99. The van der Waals surface area contributed by atoms with Crippen LogP contribution in [0.1, 0.15) is 101 Å². The first-order chi connectivity index (χ1) is 19.7. The number of anilines is 1. The van der Waals surface area contributed by atoms with Gasteiger partial charge in [-0.1, -0.05) is 51.2 Å². The van der Waals surface area contributed by atoms with Crippen LogP contribution in [-0.2, 0) is 4.74 Å². The van der Waals surface area contributed by atoms with Gasteiger partial charge in [0.1, 0.15) is 5.60 Å². The molecule has 0 N–H and O–H groups in total. The number of carbonyl (C=O) groups excluding carboxylic acids is 2. The molecule has 5 rings (SSSR count). The molecule has 41 heavy (non-hydrogen) atoms. The van der Waals surface area contributed by atoms with Crippen molar-refractivity contribution in [3.63, 3.8) is 0 Å². The second kappa shape index (κ2) is 12.9. The Kier molecular flexibility index (Phi) is 9.52. The van der Waals surface area contributed by atoms with Gasteiger partial charge in [-0.25, -0.2) is 4.79 Å². The summed E-state index contributed by atoms with van der Waals surface area (Å²) >= 11 is 0. The molecule has 1 aromatic rings. The number of piperidine rings is 2. The number of amides is 2. The van der Waals surface area contributed by atoms with E-state index in [1.165, 1.54) is 44.9 Å². The summed E-state index contributed by atoms with van der Waals surface area (Å²) in [7, 11) is 3.99. The molecule has 2 amide bonds. The van der Waals surface area contributed by atoms with Crippen LogP contribution in [0.5, 0.6) is 0 Å². The Morgan fingerprint density at radius 1 is 1.00 bits per heavy atom. The molecule has 7 heteroatoms. The summed E-state index contributed by atoms with van der Waals surface area (Å²) < 4.78 is 6.48. The average molecular weight is 567 g/mol. The molecule has 1 aromatic carbocycles. The maximum Gasteiger partial charge on any atom is 0.410 e. The molecule has 4 fully saturated rings. The number of likely N-dealkylation sites (tertiary alicyclic amines) is 2. The molecule has 0 bridgehead atoms. The third kappa shape index (κ3) is 6.55. The van der Waals surface area contributed by atoms with Gasteiger partial charge in [0, 0.05) is 83.3 Å². The number of benzene rings is 1. The first kappa shape index (κ1) is 30.2. The van der Waals surface area contributed by atoms with Crippen LogP contribution in [0.4, 0.5) is 10.5 Å². The van der Waals surface area contributed by atoms with Gasteiger partial charge in [0.15, 0.2) is 0 Å². The minimum absolute atomic E-state index is 0.0622. The number of carbonyl (C=O) groups is 2. The highest BCUT2D eigenvalue weighted by atomic mass is 16.6. The molecule has 1 saturated carbocycles. The van der Waals surface area contributed by atoms with Crippen LogP contribution in [0, 0.1) is 11.8 Å². The summed E-state index contributed by atoms with van der Waals surface area (Å²) in [6.45, 7) is 9.90. The monoisotopic (exact) mass is 566 g/mol. The van der Waals surface area contributed by atoms with E-state index in [0.29, 0.717) is 11.8 Å². The highest BCUT2D eigenvalue weighted by Crippen LogP contribution is 2.44. The summed E-state index contributed by atoms with van der Waals surface area (Å²) in [4.78, 5) is 35.6. The maximum atomic E-state index is 13.5. The van der Waals surface area contributed by atoms with E-state index in [1.807, 2.05) is 48.2 Å². The van der Waals surface area contributed by atoms with E-state index in [2.05, 4.69) is 23.6 Å². The van der Waals surface area contributed by atoms with Crippen LogP contribution in [-0.4, -0.2) is 91.2 Å². The van der Waals surface area contributed by atoms with E-state index >= 15 is 0 Å². The van der Waals surface area contributed by atoms with Gasteiger partial charge in [0.25, 0.3) is 5.91 Å². The second-order valence-electron chi connectivity index (χ2n) is 13.9. The van der Waals surface area contributed by atoms with Gasteiger partial charge in [0.2, 0.25) is 0 Å². The first-order valence-corrected chi connectivity index (χ1v) is 16.5. The quantitative estimate of drug-likeness (QED) is 0.363. The van der Waals surface area contributed by atoms with Crippen LogP contribution in [0.2, 0.25) is 0 Å². The summed E-state index contributed by atoms with van der Waals surface area (Å²) in [6, 6.07) is 7.92. The van der Waals surface area contributed by atoms with Gasteiger partial charge in [0.05, 0.1) is 5.56 Å². The Morgan fingerprint density at radius 3 is 2.34 bits per heavy atom.